The van der Waals surface area contributed by atoms with E-state index in [2.05, 4.69) is 0 Å². The van der Waals surface area contributed by atoms with Crippen molar-refractivity contribution in [3.8, 4) is 17.2 Å². The van der Waals surface area contributed by atoms with E-state index in [1.54, 1.807) is 49.4 Å². The molecule has 0 amide bonds. The van der Waals surface area contributed by atoms with Crippen LogP contribution in [0.3, 0.4) is 0 Å². The van der Waals surface area contributed by atoms with Crippen molar-refractivity contribution in [2.45, 2.75) is 20.5 Å². The molecule has 0 radical (unpaired) electrons. The van der Waals surface area contributed by atoms with Gasteiger partial charge >= 0.3 is 5.97 Å². The van der Waals surface area contributed by atoms with Gasteiger partial charge in [0.25, 0.3) is 0 Å². The quantitative estimate of drug-likeness (QED) is 0.353. The summed E-state index contributed by atoms with van der Waals surface area (Å²) in [5.74, 6) is 0.648. The van der Waals surface area contributed by atoms with Gasteiger partial charge in [-0.25, -0.2) is 4.79 Å². The van der Waals surface area contributed by atoms with E-state index in [0.29, 0.717) is 41.2 Å². The van der Waals surface area contributed by atoms with Crippen LogP contribution in [0, 0.1) is 6.92 Å². The molecule has 6 nitrogen and oxygen atoms in total. The Morgan fingerprint density at radius 3 is 2.47 bits per heavy atom. The molecule has 0 N–H and O–H groups in total. The van der Waals surface area contributed by atoms with Gasteiger partial charge in [-0.05, 0) is 61.4 Å². The number of carbonyl (C=O) groups excluding carboxylic acids is 1. The maximum Gasteiger partial charge on any atom is 0.338 e. The number of esters is 1. The van der Waals surface area contributed by atoms with Gasteiger partial charge in [0.1, 0.15) is 30.0 Å². The minimum Gasteiger partial charge on any atom is -0.489 e. The molecule has 0 aliphatic heterocycles. The summed E-state index contributed by atoms with van der Waals surface area (Å²) in [6, 6.07) is 19.4. The van der Waals surface area contributed by atoms with Gasteiger partial charge < -0.3 is 18.6 Å². The van der Waals surface area contributed by atoms with E-state index in [0.717, 1.165) is 11.1 Å². The third kappa shape index (κ3) is 4.64. The first-order valence-corrected chi connectivity index (χ1v) is 10.2. The van der Waals surface area contributed by atoms with Crippen LogP contribution in [0.25, 0.3) is 11.0 Å². The maximum absolute atomic E-state index is 12.8. The molecule has 0 aliphatic rings. The second-order valence-electron chi connectivity index (χ2n) is 7.15. The fourth-order valence-corrected chi connectivity index (χ4v) is 3.18. The van der Waals surface area contributed by atoms with E-state index in [9.17, 15) is 9.59 Å². The van der Waals surface area contributed by atoms with Crippen LogP contribution >= 0.6 is 0 Å². The Hall–Kier alpha value is -4.06. The summed E-state index contributed by atoms with van der Waals surface area (Å²) in [6.07, 6.45) is 1.27. The predicted molar refractivity (Wildman–Crippen MR) is 120 cm³/mol. The molecular formula is C26H22O6. The van der Waals surface area contributed by atoms with Crippen LogP contribution in [0.4, 0.5) is 0 Å². The minimum atomic E-state index is -0.412. The smallest absolute Gasteiger partial charge is 0.338 e. The SMILES string of the molecule is CCOC(=O)c1ccc(Oc2coc3cc(OCc4ccccc4C)ccc3c2=O)cc1. The second-order valence-corrected chi connectivity index (χ2v) is 7.15. The molecule has 0 saturated carbocycles. The van der Waals surface area contributed by atoms with E-state index in [4.69, 9.17) is 18.6 Å². The number of fused-ring (bicyclic) bond motifs is 1. The number of aryl methyl sites for hydroxylation is 1. The van der Waals surface area contributed by atoms with Crippen LogP contribution in [0.15, 0.2) is 82.2 Å². The van der Waals surface area contributed by atoms with Crippen molar-refractivity contribution in [1.82, 2.24) is 0 Å². The zero-order valence-corrected chi connectivity index (χ0v) is 17.8. The lowest BCUT2D eigenvalue weighted by Gasteiger charge is -2.10. The van der Waals surface area contributed by atoms with Gasteiger partial charge in [0.2, 0.25) is 11.2 Å². The number of carbonyl (C=O) groups is 1. The Bertz CT molecular complexity index is 1300. The van der Waals surface area contributed by atoms with Crippen molar-refractivity contribution in [2.75, 3.05) is 6.61 Å². The molecule has 4 rings (SSSR count). The minimum absolute atomic E-state index is 0.0509. The molecule has 1 heterocycles. The lowest BCUT2D eigenvalue weighted by atomic mass is 10.1. The van der Waals surface area contributed by atoms with Gasteiger partial charge in [-0.2, -0.15) is 0 Å². The summed E-state index contributed by atoms with van der Waals surface area (Å²) in [4.78, 5) is 24.6. The molecular weight excluding hydrogens is 408 g/mol. The zero-order chi connectivity index (χ0) is 22.5. The molecule has 0 bridgehead atoms. The molecule has 0 unspecified atom stereocenters. The van der Waals surface area contributed by atoms with Gasteiger partial charge in [0.15, 0.2) is 0 Å². The predicted octanol–water partition coefficient (Wildman–Crippen LogP) is 5.65. The lowest BCUT2D eigenvalue weighted by Crippen LogP contribution is -2.06. The van der Waals surface area contributed by atoms with E-state index in [1.807, 2.05) is 31.2 Å². The molecule has 6 heteroatoms. The van der Waals surface area contributed by atoms with Crippen molar-refractivity contribution in [3.05, 3.63) is 99.9 Å². The average Bonchev–Trinajstić information content (AvgIpc) is 2.81. The Labute approximate surface area is 185 Å². The number of hydrogen-bond donors (Lipinski definition) is 0. The molecule has 0 atom stereocenters. The summed E-state index contributed by atoms with van der Waals surface area (Å²) in [6.45, 7) is 4.50. The van der Waals surface area contributed by atoms with Crippen molar-refractivity contribution >= 4 is 16.9 Å². The lowest BCUT2D eigenvalue weighted by molar-refractivity contribution is 0.0526. The molecule has 4 aromatic rings. The maximum atomic E-state index is 12.8. The van der Waals surface area contributed by atoms with Crippen molar-refractivity contribution in [2.24, 2.45) is 0 Å². The summed E-state index contributed by atoms with van der Waals surface area (Å²) < 4.78 is 22.1. The van der Waals surface area contributed by atoms with Crippen molar-refractivity contribution in [1.29, 1.82) is 0 Å². The first-order valence-electron chi connectivity index (χ1n) is 10.2. The Morgan fingerprint density at radius 2 is 1.72 bits per heavy atom. The standard InChI is InChI=1S/C26H22O6/c1-3-29-26(28)18-8-10-20(11-9-18)32-24-16-31-23-14-21(12-13-22(23)25(24)27)30-15-19-7-5-4-6-17(19)2/h4-14,16H,3,15H2,1-2H3. The number of rotatable bonds is 7. The van der Waals surface area contributed by atoms with Gasteiger partial charge in [0.05, 0.1) is 17.6 Å². The van der Waals surface area contributed by atoms with E-state index >= 15 is 0 Å². The highest BCUT2D eigenvalue weighted by molar-refractivity contribution is 5.89. The summed E-state index contributed by atoms with van der Waals surface area (Å²) in [5.41, 5.74) is 2.75. The first kappa shape index (κ1) is 21.2. The number of hydrogen-bond acceptors (Lipinski definition) is 6. The third-order valence-corrected chi connectivity index (χ3v) is 4.96. The molecule has 1 aromatic heterocycles. The van der Waals surface area contributed by atoms with E-state index < -0.39 is 5.97 Å². The average molecular weight is 430 g/mol. The van der Waals surface area contributed by atoms with Crippen LogP contribution < -0.4 is 14.9 Å². The van der Waals surface area contributed by atoms with Crippen LogP contribution in [0.1, 0.15) is 28.4 Å². The van der Waals surface area contributed by atoms with Gasteiger partial charge in [-0.15, -0.1) is 0 Å². The van der Waals surface area contributed by atoms with Crippen LogP contribution in [0.2, 0.25) is 0 Å². The van der Waals surface area contributed by atoms with Gasteiger partial charge in [-0.3, -0.25) is 4.79 Å². The highest BCUT2D eigenvalue weighted by Gasteiger charge is 2.12. The Kier molecular flexibility index (Phi) is 6.22. The largest absolute Gasteiger partial charge is 0.489 e. The summed E-state index contributed by atoms with van der Waals surface area (Å²) in [7, 11) is 0. The third-order valence-electron chi connectivity index (χ3n) is 4.96. The summed E-state index contributed by atoms with van der Waals surface area (Å²) >= 11 is 0. The van der Waals surface area contributed by atoms with Crippen LogP contribution in [-0.2, 0) is 11.3 Å². The molecule has 0 fully saturated rings. The molecule has 0 aliphatic carbocycles. The molecule has 3 aromatic carbocycles. The van der Waals surface area contributed by atoms with E-state index in [1.165, 1.54) is 6.26 Å². The topological polar surface area (TPSA) is 75.0 Å². The first-order chi connectivity index (χ1) is 15.5. The number of benzene rings is 3. The fourth-order valence-electron chi connectivity index (χ4n) is 3.18. The van der Waals surface area contributed by atoms with Gasteiger partial charge in [-0.1, -0.05) is 24.3 Å². The molecule has 32 heavy (non-hydrogen) atoms. The monoisotopic (exact) mass is 430 g/mol. The molecule has 0 spiro atoms. The Balaban J connectivity index is 1.50. The van der Waals surface area contributed by atoms with E-state index in [-0.39, 0.29) is 11.2 Å². The number of ether oxygens (including phenoxy) is 3. The highest BCUT2D eigenvalue weighted by atomic mass is 16.5. The van der Waals surface area contributed by atoms with Gasteiger partial charge in [0, 0.05) is 6.07 Å². The van der Waals surface area contributed by atoms with Crippen LogP contribution in [-0.4, -0.2) is 12.6 Å². The van der Waals surface area contributed by atoms with Crippen molar-refractivity contribution < 1.29 is 23.4 Å². The molecule has 0 saturated heterocycles. The van der Waals surface area contributed by atoms with Crippen molar-refractivity contribution in [3.63, 3.8) is 0 Å². The van der Waals surface area contributed by atoms with Crippen LogP contribution in [0.5, 0.6) is 17.2 Å². The normalized spacial score (nSPS) is 10.7. The zero-order valence-electron chi connectivity index (χ0n) is 17.8. The molecule has 162 valence electrons. The summed E-state index contributed by atoms with van der Waals surface area (Å²) in [5, 5.41) is 0.383. The highest BCUT2D eigenvalue weighted by Crippen LogP contribution is 2.25. The fraction of sp³-hybridized carbons (Fsp3) is 0.154. The Morgan fingerprint density at radius 1 is 0.969 bits per heavy atom. The second kappa shape index (κ2) is 9.39.